The van der Waals surface area contributed by atoms with Gasteiger partial charge in [0.2, 0.25) is 0 Å². The first-order valence-corrected chi connectivity index (χ1v) is 6.15. The minimum atomic E-state index is -2.13. The fourth-order valence-corrected chi connectivity index (χ4v) is 2.60. The van der Waals surface area contributed by atoms with Crippen molar-refractivity contribution in [1.82, 2.24) is 0 Å². The van der Waals surface area contributed by atoms with Gasteiger partial charge in [0.05, 0.1) is 0 Å². The van der Waals surface area contributed by atoms with Crippen LogP contribution in [0.5, 0.6) is 0 Å². The molecule has 0 spiro atoms. The van der Waals surface area contributed by atoms with Crippen molar-refractivity contribution in [3.63, 3.8) is 0 Å². The molecule has 0 N–H and O–H groups in total. The number of rotatable bonds is 0. The Morgan fingerprint density at radius 1 is 1.00 bits per heavy atom. The van der Waals surface area contributed by atoms with Gasteiger partial charge < -0.3 is 4.42 Å². The Kier molecular flexibility index (Phi) is 1.68. The summed E-state index contributed by atoms with van der Waals surface area (Å²) in [5, 5.41) is 1.90. The summed E-state index contributed by atoms with van der Waals surface area (Å²) in [6.45, 7) is 3.99. The molecule has 3 aromatic rings. The fourth-order valence-electron chi connectivity index (χ4n) is 2.60. The molecule has 2 aromatic carbocycles. The van der Waals surface area contributed by atoms with E-state index < -0.39 is 6.85 Å². The average molecular weight is 241 g/mol. The van der Waals surface area contributed by atoms with Crippen LogP contribution in [0, 0.1) is 6.85 Å². The van der Waals surface area contributed by atoms with Crippen molar-refractivity contribution in [1.29, 1.82) is 0 Å². The minimum Gasteiger partial charge on any atom is -0.456 e. The number of furan rings is 1. The van der Waals surface area contributed by atoms with Gasteiger partial charge in [0, 0.05) is 14.9 Å². The second-order valence-corrected chi connectivity index (χ2v) is 5.71. The lowest BCUT2D eigenvalue weighted by molar-refractivity contribution is 0.590. The Labute approximate surface area is 112 Å². The normalized spacial score (nSPS) is 15.6. The summed E-state index contributed by atoms with van der Waals surface area (Å²) in [6, 6.07) is 11.2. The summed E-state index contributed by atoms with van der Waals surface area (Å²) in [5.41, 5.74) is 2.52. The molecule has 0 saturated heterocycles. The molecule has 0 fully saturated rings. The highest BCUT2D eigenvalue weighted by Crippen LogP contribution is 2.38. The molecule has 18 heavy (non-hydrogen) atoms. The smallest absolute Gasteiger partial charge is 0.135 e. The number of hydrogen-bond acceptors (Lipinski definition) is 1. The van der Waals surface area contributed by atoms with Crippen LogP contribution in [0.3, 0.4) is 0 Å². The monoisotopic (exact) mass is 241 g/mol. The number of aryl methyl sites for hydroxylation is 1. The first-order chi connectivity index (χ1) is 9.69. The molecule has 0 aliphatic carbocycles. The molecule has 0 atom stereocenters. The molecule has 1 aromatic heterocycles. The van der Waals surface area contributed by atoms with Crippen LogP contribution in [0.1, 0.15) is 36.0 Å². The molecule has 1 nitrogen and oxygen atoms in total. The third-order valence-corrected chi connectivity index (χ3v) is 3.29. The summed E-state index contributed by atoms with van der Waals surface area (Å²) in [6.07, 6.45) is 0. The van der Waals surface area contributed by atoms with Gasteiger partial charge in [-0.1, -0.05) is 45.0 Å². The summed E-state index contributed by atoms with van der Waals surface area (Å²) >= 11 is 0. The van der Waals surface area contributed by atoms with Crippen LogP contribution in [0.2, 0.25) is 0 Å². The number of fused-ring (bicyclic) bond motifs is 3. The number of hydrogen-bond donors (Lipinski definition) is 0. The van der Waals surface area contributed by atoms with E-state index in [-0.39, 0.29) is 5.41 Å². The van der Waals surface area contributed by atoms with E-state index in [9.17, 15) is 0 Å². The Hall–Kier alpha value is -1.76. The molecule has 1 heterocycles. The van der Waals surface area contributed by atoms with Crippen LogP contribution in [-0.4, -0.2) is 0 Å². The molecule has 0 aliphatic heterocycles. The van der Waals surface area contributed by atoms with E-state index in [0.29, 0.717) is 5.56 Å². The highest BCUT2D eigenvalue weighted by molar-refractivity contribution is 6.07. The van der Waals surface area contributed by atoms with E-state index in [2.05, 4.69) is 0 Å². The van der Waals surface area contributed by atoms with E-state index >= 15 is 0 Å². The van der Waals surface area contributed by atoms with Gasteiger partial charge in [-0.15, -0.1) is 0 Å². The molecule has 3 rings (SSSR count). The third-order valence-electron chi connectivity index (χ3n) is 3.29. The second-order valence-electron chi connectivity index (χ2n) is 5.71. The van der Waals surface area contributed by atoms with Crippen molar-refractivity contribution < 1.29 is 8.53 Å². The van der Waals surface area contributed by atoms with Gasteiger partial charge in [-0.25, -0.2) is 0 Å². The SMILES string of the molecule is [2H]C([2H])([2H])c1ccc2oc3ccccc3c2c1C(C)(C)C. The third kappa shape index (κ3) is 1.54. The second kappa shape index (κ2) is 3.61. The van der Waals surface area contributed by atoms with Crippen molar-refractivity contribution in [2.24, 2.45) is 0 Å². The van der Waals surface area contributed by atoms with Gasteiger partial charge in [0.25, 0.3) is 0 Å². The van der Waals surface area contributed by atoms with E-state index in [1.807, 2.05) is 45.0 Å². The van der Waals surface area contributed by atoms with Gasteiger partial charge in [0.15, 0.2) is 0 Å². The zero-order chi connectivity index (χ0) is 15.4. The summed E-state index contributed by atoms with van der Waals surface area (Å²) in [7, 11) is 0. The summed E-state index contributed by atoms with van der Waals surface area (Å²) < 4.78 is 29.4. The molecule has 0 radical (unpaired) electrons. The van der Waals surface area contributed by atoms with Crippen molar-refractivity contribution in [2.75, 3.05) is 0 Å². The highest BCUT2D eigenvalue weighted by Gasteiger charge is 2.22. The molecule has 0 aliphatic rings. The average Bonchev–Trinajstić information content (AvgIpc) is 2.73. The van der Waals surface area contributed by atoms with E-state index in [1.54, 1.807) is 12.1 Å². The van der Waals surface area contributed by atoms with Crippen molar-refractivity contribution in [2.45, 2.75) is 33.0 Å². The highest BCUT2D eigenvalue weighted by atomic mass is 16.3. The summed E-state index contributed by atoms with van der Waals surface area (Å²) in [5.74, 6) is 0. The van der Waals surface area contributed by atoms with Crippen LogP contribution in [-0.2, 0) is 5.41 Å². The lowest BCUT2D eigenvalue weighted by Gasteiger charge is -2.22. The lowest BCUT2D eigenvalue weighted by Crippen LogP contribution is -2.13. The quantitative estimate of drug-likeness (QED) is 0.527. The number of benzene rings is 2. The molecule has 92 valence electrons. The maximum Gasteiger partial charge on any atom is 0.135 e. The minimum absolute atomic E-state index is 0.282. The van der Waals surface area contributed by atoms with E-state index in [1.165, 1.54) is 0 Å². The fraction of sp³-hybridized carbons (Fsp3) is 0.294. The predicted molar refractivity (Wildman–Crippen MR) is 77.2 cm³/mol. The molecule has 0 unspecified atom stereocenters. The van der Waals surface area contributed by atoms with Crippen molar-refractivity contribution in [3.05, 3.63) is 47.5 Å². The Balaban J connectivity index is 2.55. The summed E-state index contributed by atoms with van der Waals surface area (Å²) in [4.78, 5) is 0. The Morgan fingerprint density at radius 3 is 2.50 bits per heavy atom. The lowest BCUT2D eigenvalue weighted by atomic mass is 9.81. The van der Waals surface area contributed by atoms with Crippen LogP contribution in [0.4, 0.5) is 0 Å². The number of para-hydroxylation sites is 1. The van der Waals surface area contributed by atoms with Crippen LogP contribution < -0.4 is 0 Å². The first kappa shape index (κ1) is 8.36. The van der Waals surface area contributed by atoms with E-state index in [0.717, 1.165) is 27.5 Å². The van der Waals surface area contributed by atoms with Gasteiger partial charge >= 0.3 is 0 Å². The van der Waals surface area contributed by atoms with Gasteiger partial charge in [-0.05, 0) is 35.5 Å². The molecular formula is C17H18O. The molecule has 0 bridgehead atoms. The topological polar surface area (TPSA) is 13.1 Å². The largest absolute Gasteiger partial charge is 0.456 e. The van der Waals surface area contributed by atoms with Crippen molar-refractivity contribution >= 4 is 21.9 Å². The maximum absolute atomic E-state index is 7.83. The van der Waals surface area contributed by atoms with E-state index in [4.69, 9.17) is 8.53 Å². The predicted octanol–water partition coefficient (Wildman–Crippen LogP) is 5.19. The standard InChI is InChI=1S/C17H18O/c1-11-9-10-14-15(16(11)17(2,3)4)12-7-5-6-8-13(12)18-14/h5-10H,1-4H3/i1D3. The maximum atomic E-state index is 7.83. The van der Waals surface area contributed by atoms with Crippen LogP contribution in [0.25, 0.3) is 21.9 Å². The van der Waals surface area contributed by atoms with Crippen molar-refractivity contribution in [3.8, 4) is 0 Å². The Morgan fingerprint density at radius 2 is 1.78 bits per heavy atom. The van der Waals surface area contributed by atoms with Gasteiger partial charge in [0.1, 0.15) is 11.2 Å². The molecule has 1 heteroatoms. The van der Waals surface area contributed by atoms with Crippen LogP contribution in [0.15, 0.2) is 40.8 Å². The molecule has 0 saturated carbocycles. The van der Waals surface area contributed by atoms with Gasteiger partial charge in [-0.2, -0.15) is 0 Å². The molecule has 0 amide bonds. The zero-order valence-electron chi connectivity index (χ0n) is 13.9. The zero-order valence-corrected chi connectivity index (χ0v) is 10.9. The Bertz CT molecular complexity index is 820. The van der Waals surface area contributed by atoms with Crippen LogP contribution >= 0.6 is 0 Å². The molecular weight excluding hydrogens is 220 g/mol. The van der Waals surface area contributed by atoms with Gasteiger partial charge in [-0.3, -0.25) is 0 Å². The first-order valence-electron chi connectivity index (χ1n) is 7.65.